The summed E-state index contributed by atoms with van der Waals surface area (Å²) in [5, 5.41) is 10.7. The van der Waals surface area contributed by atoms with Gasteiger partial charge in [-0.3, -0.25) is 18.8 Å². The van der Waals surface area contributed by atoms with Gasteiger partial charge in [0.1, 0.15) is 0 Å². The van der Waals surface area contributed by atoms with Crippen LogP contribution < -0.4 is 9.62 Å². The molecule has 2 aromatic carbocycles. The van der Waals surface area contributed by atoms with E-state index >= 15 is 0 Å². The van der Waals surface area contributed by atoms with Crippen LogP contribution >= 0.6 is 0 Å². The molecule has 0 saturated heterocycles. The quantitative estimate of drug-likeness (QED) is 0.533. The van der Waals surface area contributed by atoms with Gasteiger partial charge in [-0.1, -0.05) is 30.3 Å². The van der Waals surface area contributed by atoms with Crippen molar-refractivity contribution in [3.05, 3.63) is 84.1 Å². The number of hydrogen-bond acceptors (Lipinski definition) is 5. The van der Waals surface area contributed by atoms with Crippen LogP contribution in [-0.4, -0.2) is 35.5 Å². The van der Waals surface area contributed by atoms with Gasteiger partial charge in [0.25, 0.3) is 15.9 Å². The van der Waals surface area contributed by atoms with Crippen LogP contribution in [-0.2, 0) is 16.4 Å². The van der Waals surface area contributed by atoms with Crippen molar-refractivity contribution >= 4 is 33.2 Å². The summed E-state index contributed by atoms with van der Waals surface area (Å²) < 4.78 is 29.8. The molecule has 5 rings (SSSR count). The summed E-state index contributed by atoms with van der Waals surface area (Å²) in [4.78, 5) is 12.9. The lowest BCUT2D eigenvalue weighted by atomic mass is 10.0. The zero-order valence-electron chi connectivity index (χ0n) is 16.5. The molecule has 1 N–H and O–H groups in total. The largest absolute Gasteiger partial charge is 0.290 e. The minimum Gasteiger partial charge on any atom is -0.290 e. The maximum atomic E-state index is 13.4. The Morgan fingerprint density at radius 1 is 0.968 bits per heavy atom. The number of rotatable bonds is 4. The van der Waals surface area contributed by atoms with E-state index in [1.165, 1.54) is 16.4 Å². The van der Waals surface area contributed by atoms with Gasteiger partial charge < -0.3 is 0 Å². The van der Waals surface area contributed by atoms with Crippen molar-refractivity contribution in [3.8, 4) is 0 Å². The van der Waals surface area contributed by atoms with Crippen LogP contribution in [0.5, 0.6) is 0 Å². The molecule has 0 radical (unpaired) electrons. The van der Waals surface area contributed by atoms with Crippen LogP contribution in [0.25, 0.3) is 5.65 Å². The second-order valence-corrected chi connectivity index (χ2v) is 9.11. The van der Waals surface area contributed by atoms with E-state index in [1.807, 2.05) is 30.3 Å². The normalized spacial score (nSPS) is 13.7. The third-order valence-electron chi connectivity index (χ3n) is 5.29. The van der Waals surface area contributed by atoms with E-state index in [0.29, 0.717) is 17.9 Å². The summed E-state index contributed by atoms with van der Waals surface area (Å²) in [6.07, 6.45) is 3.33. The molecule has 1 aliphatic rings. The predicted molar refractivity (Wildman–Crippen MR) is 117 cm³/mol. The molecule has 1 aliphatic heterocycles. The molecule has 9 heteroatoms. The molecule has 31 heavy (non-hydrogen) atoms. The molecule has 0 atom stereocenters. The second kappa shape index (κ2) is 7.51. The molecule has 1 amide bonds. The lowest BCUT2D eigenvalue weighted by Gasteiger charge is -2.30. The Kier molecular flexibility index (Phi) is 4.67. The summed E-state index contributed by atoms with van der Waals surface area (Å²) in [6, 6.07) is 18.9. The molecule has 2 aromatic heterocycles. The monoisotopic (exact) mass is 433 g/mol. The lowest BCUT2D eigenvalue weighted by molar-refractivity contribution is 0.102. The van der Waals surface area contributed by atoms with Crippen molar-refractivity contribution in [2.75, 3.05) is 16.2 Å². The molecule has 0 aliphatic carbocycles. The van der Waals surface area contributed by atoms with E-state index in [1.54, 1.807) is 34.9 Å². The van der Waals surface area contributed by atoms with Gasteiger partial charge in [-0.15, -0.1) is 10.2 Å². The van der Waals surface area contributed by atoms with Gasteiger partial charge in [0.2, 0.25) is 5.95 Å². The Morgan fingerprint density at radius 2 is 1.81 bits per heavy atom. The molecule has 0 spiro atoms. The highest BCUT2D eigenvalue weighted by Crippen LogP contribution is 2.32. The van der Waals surface area contributed by atoms with Gasteiger partial charge in [0.05, 0.1) is 10.6 Å². The number of para-hydroxylation sites is 1. The fourth-order valence-corrected chi connectivity index (χ4v) is 5.36. The molecular formula is C22H19N5O3S. The van der Waals surface area contributed by atoms with Gasteiger partial charge in [0, 0.05) is 18.3 Å². The Balaban J connectivity index is 1.46. The molecule has 0 bridgehead atoms. The number of nitrogens with one attached hydrogen (secondary N) is 1. The van der Waals surface area contributed by atoms with Crippen molar-refractivity contribution in [1.29, 1.82) is 0 Å². The van der Waals surface area contributed by atoms with Crippen molar-refractivity contribution in [2.45, 2.75) is 17.7 Å². The van der Waals surface area contributed by atoms with E-state index in [9.17, 15) is 13.2 Å². The highest BCUT2D eigenvalue weighted by Gasteiger charge is 2.29. The number of aryl methyl sites for hydroxylation is 1. The topological polar surface area (TPSA) is 96.7 Å². The molecule has 0 fully saturated rings. The van der Waals surface area contributed by atoms with Crippen LogP contribution in [0.15, 0.2) is 77.8 Å². The van der Waals surface area contributed by atoms with E-state index in [2.05, 4.69) is 15.5 Å². The number of fused-ring (bicyclic) bond motifs is 2. The molecule has 156 valence electrons. The smallest absolute Gasteiger partial charge is 0.264 e. The Hall–Kier alpha value is -3.72. The SMILES string of the molecule is O=C(Nc1nnc2ccccn12)c1cccc(S(=O)(=O)N2CCCc3ccccc32)c1. The van der Waals surface area contributed by atoms with Gasteiger partial charge in [-0.2, -0.15) is 0 Å². The molecule has 0 saturated carbocycles. The highest BCUT2D eigenvalue weighted by molar-refractivity contribution is 7.92. The van der Waals surface area contributed by atoms with Crippen LogP contribution in [0.2, 0.25) is 0 Å². The average Bonchev–Trinajstić information content (AvgIpc) is 3.21. The summed E-state index contributed by atoms with van der Waals surface area (Å²) in [5.41, 5.74) is 2.51. The van der Waals surface area contributed by atoms with Crippen molar-refractivity contribution < 1.29 is 13.2 Å². The van der Waals surface area contributed by atoms with Gasteiger partial charge in [0.15, 0.2) is 5.65 Å². The number of anilines is 2. The first kappa shape index (κ1) is 19.3. The first-order valence-corrected chi connectivity index (χ1v) is 11.3. The number of carbonyl (C=O) groups excluding carboxylic acids is 1. The van der Waals surface area contributed by atoms with Crippen LogP contribution in [0.3, 0.4) is 0 Å². The highest BCUT2D eigenvalue weighted by atomic mass is 32.2. The molecule has 3 heterocycles. The van der Waals surface area contributed by atoms with E-state index in [0.717, 1.165) is 18.4 Å². The number of carbonyl (C=O) groups is 1. The van der Waals surface area contributed by atoms with Crippen LogP contribution in [0.4, 0.5) is 11.6 Å². The van der Waals surface area contributed by atoms with Gasteiger partial charge >= 0.3 is 0 Å². The predicted octanol–water partition coefficient (Wildman–Crippen LogP) is 3.12. The number of pyridine rings is 1. The maximum Gasteiger partial charge on any atom is 0.264 e. The molecule has 4 aromatic rings. The fourth-order valence-electron chi connectivity index (χ4n) is 3.77. The molecular weight excluding hydrogens is 414 g/mol. The summed E-state index contributed by atoms with van der Waals surface area (Å²) in [6.45, 7) is 0.404. The number of nitrogens with zero attached hydrogens (tertiary/aromatic N) is 4. The second-order valence-electron chi connectivity index (χ2n) is 7.24. The summed E-state index contributed by atoms with van der Waals surface area (Å²) >= 11 is 0. The Bertz CT molecular complexity index is 1400. The third-order valence-corrected chi connectivity index (χ3v) is 7.10. The fraction of sp³-hybridized carbons (Fsp3) is 0.136. The first-order chi connectivity index (χ1) is 15.0. The summed E-state index contributed by atoms with van der Waals surface area (Å²) in [5.74, 6) is -0.201. The summed E-state index contributed by atoms with van der Waals surface area (Å²) in [7, 11) is -3.81. The van der Waals surface area contributed by atoms with Gasteiger partial charge in [-0.25, -0.2) is 8.42 Å². The zero-order valence-corrected chi connectivity index (χ0v) is 17.3. The first-order valence-electron chi connectivity index (χ1n) is 9.86. The number of benzene rings is 2. The van der Waals surface area contributed by atoms with E-state index < -0.39 is 15.9 Å². The van der Waals surface area contributed by atoms with Crippen molar-refractivity contribution in [2.24, 2.45) is 0 Å². The number of amides is 1. The van der Waals surface area contributed by atoms with Crippen LogP contribution in [0, 0.1) is 0 Å². The minimum absolute atomic E-state index is 0.0722. The van der Waals surface area contributed by atoms with E-state index in [-0.39, 0.29) is 16.4 Å². The lowest BCUT2D eigenvalue weighted by Crippen LogP contribution is -2.35. The van der Waals surface area contributed by atoms with E-state index in [4.69, 9.17) is 0 Å². The van der Waals surface area contributed by atoms with Gasteiger partial charge in [-0.05, 0) is 54.8 Å². The third kappa shape index (κ3) is 3.42. The zero-order chi connectivity index (χ0) is 21.4. The van der Waals surface area contributed by atoms with Crippen molar-refractivity contribution in [3.63, 3.8) is 0 Å². The molecule has 0 unspecified atom stereocenters. The Morgan fingerprint density at radius 3 is 2.71 bits per heavy atom. The average molecular weight is 433 g/mol. The number of hydrogen-bond donors (Lipinski definition) is 1. The standard InChI is InChI=1S/C22H19N5O3S/c28-21(23-22-25-24-20-12-3-4-13-26(20)22)17-8-5-10-18(15-17)31(29,30)27-14-6-9-16-7-1-2-11-19(16)27/h1-5,7-8,10-13,15H,6,9,14H2,(H,23,25,28). The number of aromatic nitrogens is 3. The number of sulfonamides is 1. The Labute approximate surface area is 179 Å². The van der Waals surface area contributed by atoms with Crippen LogP contribution in [0.1, 0.15) is 22.3 Å². The van der Waals surface area contributed by atoms with Crippen molar-refractivity contribution in [1.82, 2.24) is 14.6 Å². The molecule has 8 nitrogen and oxygen atoms in total. The minimum atomic E-state index is -3.81. The maximum absolute atomic E-state index is 13.4.